The van der Waals surface area contributed by atoms with E-state index in [-0.39, 0.29) is 0 Å². The smallest absolute Gasteiger partial charge is 0.177 e. The zero-order chi connectivity index (χ0) is 9.84. The van der Waals surface area contributed by atoms with Crippen molar-refractivity contribution < 1.29 is 0 Å². The lowest BCUT2D eigenvalue weighted by molar-refractivity contribution is 0.868. The minimum Gasteiger partial charge on any atom is -0.239 e. The molecule has 0 spiro atoms. The molecule has 0 bridgehead atoms. The number of hydrogen-bond acceptors (Lipinski definition) is 0. The Hall–Kier alpha value is -1.80. The standard InChI is InChI=1S/C11H10N2/c1-8(2)9-5-10(12-3)7-11(6-9)13-4/h5-8H,1-2H3. The van der Waals surface area contributed by atoms with Crippen molar-refractivity contribution in [2.24, 2.45) is 0 Å². The molecule has 1 aromatic rings. The highest BCUT2D eigenvalue weighted by Gasteiger charge is 2.03. The predicted octanol–water partition coefficient (Wildman–Crippen LogP) is 3.91. The van der Waals surface area contributed by atoms with Crippen LogP contribution in [0.15, 0.2) is 18.2 Å². The maximum Gasteiger partial charge on any atom is 0.177 e. The number of benzene rings is 1. The first-order valence-corrected chi connectivity index (χ1v) is 4.07. The van der Waals surface area contributed by atoms with Crippen molar-refractivity contribution in [3.05, 3.63) is 46.6 Å². The average Bonchev–Trinajstić information content (AvgIpc) is 2.16. The molecule has 13 heavy (non-hydrogen) atoms. The maximum absolute atomic E-state index is 6.88. The van der Waals surface area contributed by atoms with Crippen molar-refractivity contribution in [2.45, 2.75) is 19.8 Å². The first-order chi connectivity index (χ1) is 6.17. The first kappa shape index (κ1) is 9.29. The van der Waals surface area contributed by atoms with Crippen LogP contribution >= 0.6 is 0 Å². The van der Waals surface area contributed by atoms with Gasteiger partial charge in [0, 0.05) is 0 Å². The summed E-state index contributed by atoms with van der Waals surface area (Å²) in [5.41, 5.74) is 2.16. The fourth-order valence-corrected chi connectivity index (χ4v) is 1.08. The Labute approximate surface area is 78.5 Å². The Kier molecular flexibility index (Phi) is 2.67. The van der Waals surface area contributed by atoms with Gasteiger partial charge in [0.15, 0.2) is 11.4 Å². The fraction of sp³-hybridized carbons (Fsp3) is 0.273. The number of hydrogen-bond donors (Lipinski definition) is 0. The van der Waals surface area contributed by atoms with Gasteiger partial charge in [-0.1, -0.05) is 37.6 Å². The highest BCUT2D eigenvalue weighted by molar-refractivity contribution is 5.60. The van der Waals surface area contributed by atoms with Gasteiger partial charge < -0.3 is 0 Å². The SMILES string of the molecule is [C-]#[N+]c1cc([N+]#[C-])cc(C(C)C)c1. The van der Waals surface area contributed by atoms with Gasteiger partial charge in [-0.15, -0.1) is 0 Å². The molecule has 0 amide bonds. The Balaban J connectivity index is 3.27. The third-order valence-corrected chi connectivity index (χ3v) is 1.85. The van der Waals surface area contributed by atoms with Crippen LogP contribution < -0.4 is 0 Å². The normalized spacial score (nSPS) is 9.31. The third kappa shape index (κ3) is 2.07. The molecule has 0 heterocycles. The minimum atomic E-state index is 0.363. The van der Waals surface area contributed by atoms with E-state index in [1.807, 2.05) is 12.1 Å². The molecule has 2 heteroatoms. The second-order valence-corrected chi connectivity index (χ2v) is 3.16. The molecule has 0 saturated carbocycles. The Morgan fingerprint density at radius 1 is 1.00 bits per heavy atom. The van der Waals surface area contributed by atoms with Gasteiger partial charge in [-0.3, -0.25) is 0 Å². The zero-order valence-corrected chi connectivity index (χ0v) is 7.70. The van der Waals surface area contributed by atoms with E-state index in [1.165, 1.54) is 0 Å². The monoisotopic (exact) mass is 170 g/mol. The largest absolute Gasteiger partial charge is 0.239 e. The lowest BCUT2D eigenvalue weighted by Gasteiger charge is -2.05. The molecular formula is C11H10N2. The molecule has 0 aliphatic carbocycles. The molecule has 0 saturated heterocycles. The summed E-state index contributed by atoms with van der Waals surface area (Å²) in [4.78, 5) is 6.66. The van der Waals surface area contributed by atoms with Gasteiger partial charge >= 0.3 is 0 Å². The lowest BCUT2D eigenvalue weighted by atomic mass is 10.0. The molecule has 0 aliphatic rings. The molecule has 0 radical (unpaired) electrons. The van der Waals surface area contributed by atoms with Gasteiger partial charge in [-0.05, 0) is 5.92 Å². The quantitative estimate of drug-likeness (QED) is 0.565. The lowest BCUT2D eigenvalue weighted by Crippen LogP contribution is -1.85. The molecule has 2 nitrogen and oxygen atoms in total. The summed E-state index contributed by atoms with van der Waals surface area (Å²) in [5, 5.41) is 0. The average molecular weight is 170 g/mol. The van der Waals surface area contributed by atoms with Gasteiger partial charge in [0.05, 0.1) is 13.1 Å². The van der Waals surface area contributed by atoms with E-state index in [0.29, 0.717) is 17.3 Å². The van der Waals surface area contributed by atoms with E-state index < -0.39 is 0 Å². The predicted molar refractivity (Wildman–Crippen MR) is 53.1 cm³/mol. The molecule has 1 aromatic carbocycles. The summed E-state index contributed by atoms with van der Waals surface area (Å²) in [6.07, 6.45) is 0. The summed E-state index contributed by atoms with van der Waals surface area (Å²) >= 11 is 0. The van der Waals surface area contributed by atoms with Crippen LogP contribution in [0.3, 0.4) is 0 Å². The van der Waals surface area contributed by atoms with Gasteiger partial charge in [0.25, 0.3) is 0 Å². The highest BCUT2D eigenvalue weighted by Crippen LogP contribution is 2.27. The highest BCUT2D eigenvalue weighted by atomic mass is 14.7. The van der Waals surface area contributed by atoms with Crippen molar-refractivity contribution in [1.29, 1.82) is 0 Å². The van der Waals surface area contributed by atoms with Crippen LogP contribution in [0.1, 0.15) is 25.3 Å². The van der Waals surface area contributed by atoms with Crippen molar-refractivity contribution in [2.75, 3.05) is 0 Å². The number of rotatable bonds is 1. The third-order valence-electron chi connectivity index (χ3n) is 1.85. The van der Waals surface area contributed by atoms with Crippen LogP contribution in [-0.4, -0.2) is 0 Å². The molecule has 0 fully saturated rings. The Morgan fingerprint density at radius 2 is 1.46 bits per heavy atom. The van der Waals surface area contributed by atoms with E-state index in [9.17, 15) is 0 Å². The van der Waals surface area contributed by atoms with E-state index in [4.69, 9.17) is 13.1 Å². The molecule has 0 atom stereocenters. The van der Waals surface area contributed by atoms with Crippen molar-refractivity contribution in [1.82, 2.24) is 0 Å². The number of nitrogens with zero attached hydrogens (tertiary/aromatic N) is 2. The van der Waals surface area contributed by atoms with Crippen LogP contribution in [0.5, 0.6) is 0 Å². The van der Waals surface area contributed by atoms with Crippen LogP contribution in [0.2, 0.25) is 0 Å². The summed E-state index contributed by atoms with van der Waals surface area (Å²) < 4.78 is 0. The Morgan fingerprint density at radius 3 is 1.77 bits per heavy atom. The molecule has 0 aromatic heterocycles. The summed E-state index contributed by atoms with van der Waals surface area (Å²) in [6, 6.07) is 5.30. The van der Waals surface area contributed by atoms with E-state index in [0.717, 1.165) is 5.56 Å². The Bertz CT molecular complexity index is 359. The van der Waals surface area contributed by atoms with E-state index in [2.05, 4.69) is 23.5 Å². The second kappa shape index (κ2) is 3.74. The van der Waals surface area contributed by atoms with Crippen molar-refractivity contribution >= 4 is 11.4 Å². The van der Waals surface area contributed by atoms with Crippen molar-refractivity contribution in [3.8, 4) is 0 Å². The van der Waals surface area contributed by atoms with Crippen LogP contribution in [0.25, 0.3) is 9.69 Å². The maximum atomic E-state index is 6.88. The summed E-state index contributed by atoms with van der Waals surface area (Å²) in [6.45, 7) is 17.9. The van der Waals surface area contributed by atoms with Crippen LogP contribution in [-0.2, 0) is 0 Å². The van der Waals surface area contributed by atoms with E-state index in [1.54, 1.807) is 6.07 Å². The molecule has 0 aliphatic heterocycles. The summed E-state index contributed by atoms with van der Waals surface area (Å²) in [7, 11) is 0. The van der Waals surface area contributed by atoms with Gasteiger partial charge in [-0.2, -0.15) is 0 Å². The van der Waals surface area contributed by atoms with E-state index >= 15 is 0 Å². The molecule has 1 rings (SSSR count). The summed E-state index contributed by atoms with van der Waals surface area (Å²) in [5.74, 6) is 0.363. The topological polar surface area (TPSA) is 8.72 Å². The molecule has 64 valence electrons. The minimum absolute atomic E-state index is 0.363. The van der Waals surface area contributed by atoms with Gasteiger partial charge in [0.1, 0.15) is 0 Å². The molecule has 0 N–H and O–H groups in total. The fourth-order valence-electron chi connectivity index (χ4n) is 1.08. The second-order valence-electron chi connectivity index (χ2n) is 3.16. The molecule has 0 unspecified atom stereocenters. The zero-order valence-electron chi connectivity index (χ0n) is 7.70. The molecular weight excluding hydrogens is 160 g/mol. The van der Waals surface area contributed by atoms with Crippen LogP contribution in [0.4, 0.5) is 11.4 Å². The van der Waals surface area contributed by atoms with Gasteiger partial charge in [0.2, 0.25) is 0 Å². The van der Waals surface area contributed by atoms with Crippen LogP contribution in [0, 0.1) is 13.1 Å². The first-order valence-electron chi connectivity index (χ1n) is 4.07. The van der Waals surface area contributed by atoms with Crippen molar-refractivity contribution in [3.63, 3.8) is 0 Å². The van der Waals surface area contributed by atoms with Gasteiger partial charge in [-0.25, -0.2) is 9.69 Å².